The summed E-state index contributed by atoms with van der Waals surface area (Å²) >= 11 is 0. The van der Waals surface area contributed by atoms with Crippen LogP contribution in [0.2, 0.25) is 0 Å². The highest BCUT2D eigenvalue weighted by atomic mass is 15.3. The van der Waals surface area contributed by atoms with Gasteiger partial charge in [0.2, 0.25) is 0 Å². The summed E-state index contributed by atoms with van der Waals surface area (Å²) in [6.45, 7) is 3.84. The molecule has 25 heavy (non-hydrogen) atoms. The number of nitrogens with one attached hydrogen (secondary N) is 1. The fourth-order valence-corrected chi connectivity index (χ4v) is 4.05. The molecule has 0 radical (unpaired) electrons. The van der Waals surface area contributed by atoms with Crippen molar-refractivity contribution in [2.24, 2.45) is 10.4 Å². The lowest BCUT2D eigenvalue weighted by atomic mass is 9.68. The minimum atomic E-state index is 0.593. The fraction of sp³-hybridized carbons (Fsp3) is 0.526. The van der Waals surface area contributed by atoms with E-state index in [-0.39, 0.29) is 0 Å². The molecule has 0 unspecified atom stereocenters. The summed E-state index contributed by atoms with van der Waals surface area (Å²) in [5.74, 6) is 1.03. The Morgan fingerprint density at radius 3 is 2.84 bits per heavy atom. The Labute approximate surface area is 149 Å². The molecular weight excluding hydrogens is 312 g/mol. The third-order valence-corrected chi connectivity index (χ3v) is 5.62. The average Bonchev–Trinajstić information content (AvgIpc) is 3.25. The Balaban J connectivity index is 1.35. The molecule has 4 rings (SSSR count). The number of nitrogens with zero attached hydrogens (tertiary/aromatic N) is 5. The standard InChI is InChI=1S/C19H26N6/c1-20-18(24-9-8-19(13-24)6-3-7-19)22-11-16-4-2-5-17(10-16)12-25-15-21-14-23-25/h2,4-5,10,14-15H,3,6-9,11-13H2,1H3,(H,20,22). The maximum absolute atomic E-state index is 4.50. The smallest absolute Gasteiger partial charge is 0.193 e. The van der Waals surface area contributed by atoms with E-state index in [1.165, 1.54) is 43.4 Å². The summed E-state index contributed by atoms with van der Waals surface area (Å²) < 4.78 is 1.84. The quantitative estimate of drug-likeness (QED) is 0.686. The maximum atomic E-state index is 4.50. The van der Waals surface area contributed by atoms with Crippen LogP contribution in [-0.4, -0.2) is 45.8 Å². The van der Waals surface area contributed by atoms with Crippen molar-refractivity contribution in [1.29, 1.82) is 0 Å². The van der Waals surface area contributed by atoms with Crippen LogP contribution in [-0.2, 0) is 13.1 Å². The van der Waals surface area contributed by atoms with Crippen molar-refractivity contribution in [2.75, 3.05) is 20.1 Å². The summed E-state index contributed by atoms with van der Waals surface area (Å²) in [6, 6.07) is 8.61. The second kappa shape index (κ2) is 6.86. The fourth-order valence-electron chi connectivity index (χ4n) is 4.05. The van der Waals surface area contributed by atoms with Crippen molar-refractivity contribution >= 4 is 5.96 Å². The lowest BCUT2D eigenvalue weighted by molar-refractivity contribution is 0.151. The van der Waals surface area contributed by atoms with Gasteiger partial charge in [0.1, 0.15) is 12.7 Å². The third-order valence-electron chi connectivity index (χ3n) is 5.62. The Hall–Kier alpha value is -2.37. The van der Waals surface area contributed by atoms with Crippen LogP contribution in [0, 0.1) is 5.41 Å². The lowest BCUT2D eigenvalue weighted by Gasteiger charge is -2.38. The molecule has 2 aromatic rings. The molecule has 1 N–H and O–H groups in total. The molecule has 6 nitrogen and oxygen atoms in total. The first-order chi connectivity index (χ1) is 12.3. The van der Waals surface area contributed by atoms with Crippen molar-refractivity contribution < 1.29 is 0 Å². The van der Waals surface area contributed by atoms with Gasteiger partial charge in [-0.3, -0.25) is 4.99 Å². The number of guanidine groups is 1. The number of likely N-dealkylation sites (tertiary alicyclic amines) is 1. The molecule has 0 atom stereocenters. The molecule has 132 valence electrons. The van der Waals surface area contributed by atoms with Gasteiger partial charge in [-0.1, -0.05) is 30.7 Å². The Morgan fingerprint density at radius 2 is 2.16 bits per heavy atom. The van der Waals surface area contributed by atoms with Crippen molar-refractivity contribution in [3.05, 3.63) is 48.0 Å². The zero-order valence-corrected chi connectivity index (χ0v) is 14.9. The van der Waals surface area contributed by atoms with Crippen LogP contribution < -0.4 is 5.32 Å². The molecule has 1 saturated carbocycles. The van der Waals surface area contributed by atoms with E-state index < -0.39 is 0 Å². The highest BCUT2D eigenvalue weighted by Crippen LogP contribution is 2.47. The van der Waals surface area contributed by atoms with E-state index >= 15 is 0 Å². The summed E-state index contributed by atoms with van der Waals surface area (Å²) in [4.78, 5) is 10.9. The molecule has 1 saturated heterocycles. The van der Waals surface area contributed by atoms with E-state index in [1.54, 1.807) is 12.7 Å². The first kappa shape index (κ1) is 16.1. The largest absolute Gasteiger partial charge is 0.352 e. The van der Waals surface area contributed by atoms with Crippen LogP contribution >= 0.6 is 0 Å². The van der Waals surface area contributed by atoms with Gasteiger partial charge in [0.15, 0.2) is 5.96 Å². The van der Waals surface area contributed by atoms with Crippen LogP contribution in [0.15, 0.2) is 41.9 Å². The van der Waals surface area contributed by atoms with Crippen LogP contribution in [0.25, 0.3) is 0 Å². The van der Waals surface area contributed by atoms with E-state index in [2.05, 4.69) is 49.6 Å². The monoisotopic (exact) mass is 338 g/mol. The molecule has 0 amide bonds. The van der Waals surface area contributed by atoms with E-state index in [4.69, 9.17) is 0 Å². The zero-order valence-electron chi connectivity index (χ0n) is 14.9. The highest BCUT2D eigenvalue weighted by molar-refractivity contribution is 5.80. The van der Waals surface area contributed by atoms with Gasteiger partial charge in [0.05, 0.1) is 6.54 Å². The summed E-state index contributed by atoms with van der Waals surface area (Å²) in [5, 5.41) is 7.71. The van der Waals surface area contributed by atoms with E-state index in [0.29, 0.717) is 5.41 Å². The van der Waals surface area contributed by atoms with Gasteiger partial charge >= 0.3 is 0 Å². The molecule has 6 heteroatoms. The summed E-state index contributed by atoms with van der Waals surface area (Å²) in [5.41, 5.74) is 3.08. The number of rotatable bonds is 4. The first-order valence-corrected chi connectivity index (χ1v) is 9.12. The minimum absolute atomic E-state index is 0.593. The summed E-state index contributed by atoms with van der Waals surface area (Å²) in [7, 11) is 1.88. The molecule has 1 aliphatic heterocycles. The lowest BCUT2D eigenvalue weighted by Crippen LogP contribution is -2.42. The van der Waals surface area contributed by atoms with Crippen LogP contribution in [0.5, 0.6) is 0 Å². The topological polar surface area (TPSA) is 58.3 Å². The maximum Gasteiger partial charge on any atom is 0.193 e. The Morgan fingerprint density at radius 1 is 1.28 bits per heavy atom. The van der Waals surface area contributed by atoms with Crippen molar-refractivity contribution in [2.45, 2.75) is 38.8 Å². The predicted molar refractivity (Wildman–Crippen MR) is 98.2 cm³/mol. The van der Waals surface area contributed by atoms with Gasteiger partial charge in [0.25, 0.3) is 0 Å². The van der Waals surface area contributed by atoms with Crippen molar-refractivity contribution in [1.82, 2.24) is 25.0 Å². The van der Waals surface area contributed by atoms with Gasteiger partial charge in [-0.15, -0.1) is 0 Å². The number of aromatic nitrogens is 3. The van der Waals surface area contributed by atoms with Gasteiger partial charge in [0, 0.05) is 26.7 Å². The first-order valence-electron chi connectivity index (χ1n) is 9.12. The molecular formula is C19H26N6. The highest BCUT2D eigenvalue weighted by Gasteiger charge is 2.43. The van der Waals surface area contributed by atoms with E-state index in [9.17, 15) is 0 Å². The van der Waals surface area contributed by atoms with Crippen LogP contribution in [0.4, 0.5) is 0 Å². The predicted octanol–water partition coefficient (Wildman–Crippen LogP) is 2.28. The molecule has 1 spiro atoms. The van der Waals surface area contributed by atoms with Crippen LogP contribution in [0.1, 0.15) is 36.8 Å². The molecule has 2 fully saturated rings. The SMILES string of the molecule is CN=C(NCc1cccc(Cn2cncn2)c1)N1CCC2(CCC2)C1. The second-order valence-electron chi connectivity index (χ2n) is 7.34. The van der Waals surface area contributed by atoms with Crippen LogP contribution in [0.3, 0.4) is 0 Å². The molecule has 2 aliphatic rings. The number of benzene rings is 1. The number of hydrogen-bond donors (Lipinski definition) is 1. The van der Waals surface area contributed by atoms with Crippen molar-refractivity contribution in [3.8, 4) is 0 Å². The number of aliphatic imine (C=N–C) groups is 1. The molecule has 0 bridgehead atoms. The van der Waals surface area contributed by atoms with Crippen molar-refractivity contribution in [3.63, 3.8) is 0 Å². The van der Waals surface area contributed by atoms with E-state index in [0.717, 1.165) is 25.6 Å². The molecule has 1 aromatic carbocycles. The van der Waals surface area contributed by atoms with Gasteiger partial charge < -0.3 is 10.2 Å². The molecule has 1 aromatic heterocycles. The third kappa shape index (κ3) is 3.52. The van der Waals surface area contributed by atoms with E-state index in [1.807, 2.05) is 11.7 Å². The van der Waals surface area contributed by atoms with Gasteiger partial charge in [-0.05, 0) is 35.8 Å². The second-order valence-corrected chi connectivity index (χ2v) is 7.34. The number of hydrogen-bond acceptors (Lipinski definition) is 3. The Bertz CT molecular complexity index is 732. The molecule has 1 aliphatic carbocycles. The Kier molecular flexibility index (Phi) is 4.42. The van der Waals surface area contributed by atoms with Gasteiger partial charge in [-0.2, -0.15) is 5.10 Å². The molecule has 2 heterocycles. The normalized spacial score (nSPS) is 19.2. The van der Waals surface area contributed by atoms with Gasteiger partial charge in [-0.25, -0.2) is 9.67 Å². The average molecular weight is 338 g/mol. The zero-order chi connectivity index (χ0) is 17.1. The minimum Gasteiger partial charge on any atom is -0.352 e. The summed E-state index contributed by atoms with van der Waals surface area (Å²) in [6.07, 6.45) is 8.83.